The minimum Gasteiger partial charge on any atom is -0.490 e. The van der Waals surface area contributed by atoms with Crippen LogP contribution in [0, 0.1) is 0 Å². The topological polar surface area (TPSA) is 128 Å². The molecule has 1 aromatic carbocycles. The Labute approximate surface area is 237 Å². The molecule has 3 amide bonds. The minimum absolute atomic E-state index is 0.0407. The second kappa shape index (κ2) is 12.0. The van der Waals surface area contributed by atoms with E-state index in [0.717, 1.165) is 0 Å². The van der Waals surface area contributed by atoms with E-state index in [1.54, 1.807) is 37.8 Å². The number of nitrogens with zero attached hydrogens (tertiary/aromatic N) is 2. The van der Waals surface area contributed by atoms with Crippen molar-refractivity contribution in [2.24, 2.45) is 5.73 Å². The van der Waals surface area contributed by atoms with Crippen LogP contribution >= 0.6 is 15.9 Å². The Hall–Kier alpha value is -3.08. The van der Waals surface area contributed by atoms with E-state index in [1.165, 1.54) is 4.90 Å². The molecule has 0 aromatic heterocycles. The Morgan fingerprint density at radius 1 is 1.10 bits per heavy atom. The summed E-state index contributed by atoms with van der Waals surface area (Å²) in [5, 5.41) is 0. The first-order valence-corrected chi connectivity index (χ1v) is 13.8. The first-order chi connectivity index (χ1) is 18.1. The Bertz CT molecular complexity index is 1150. The van der Waals surface area contributed by atoms with Crippen LogP contribution in [0.25, 0.3) is 0 Å². The molecule has 0 saturated carbocycles. The van der Waals surface area contributed by atoms with Gasteiger partial charge in [0.15, 0.2) is 0 Å². The molecule has 0 aliphatic carbocycles. The van der Waals surface area contributed by atoms with Gasteiger partial charge >= 0.3 is 12.1 Å². The van der Waals surface area contributed by atoms with Gasteiger partial charge in [0.05, 0.1) is 17.1 Å². The molecule has 0 bridgehead atoms. The molecule has 0 saturated heterocycles. The van der Waals surface area contributed by atoms with Gasteiger partial charge in [-0.1, -0.05) is 12.2 Å². The van der Waals surface area contributed by atoms with Gasteiger partial charge in [0.2, 0.25) is 5.91 Å². The lowest BCUT2D eigenvalue weighted by Crippen LogP contribution is -2.47. The molecule has 3 rings (SSSR count). The number of carbonyl (C=O) groups is 4. The summed E-state index contributed by atoms with van der Waals surface area (Å²) in [6.07, 6.45) is 4.16. The van der Waals surface area contributed by atoms with Gasteiger partial charge in [0.25, 0.3) is 5.91 Å². The van der Waals surface area contributed by atoms with Crippen LogP contribution < -0.4 is 10.5 Å². The van der Waals surface area contributed by atoms with E-state index in [9.17, 15) is 19.2 Å². The van der Waals surface area contributed by atoms with Crippen LogP contribution in [0.4, 0.5) is 4.79 Å². The van der Waals surface area contributed by atoms with Crippen molar-refractivity contribution in [3.8, 4) is 5.75 Å². The number of fused-ring (bicyclic) bond motifs is 1. The lowest BCUT2D eigenvalue weighted by molar-refractivity contribution is -0.155. The number of primary amides is 1. The first-order valence-electron chi connectivity index (χ1n) is 13.0. The van der Waals surface area contributed by atoms with Crippen molar-refractivity contribution in [1.82, 2.24) is 9.80 Å². The van der Waals surface area contributed by atoms with E-state index in [4.69, 9.17) is 19.9 Å². The second-order valence-electron chi connectivity index (χ2n) is 11.6. The van der Waals surface area contributed by atoms with Crippen LogP contribution in [0.1, 0.15) is 76.7 Å². The highest BCUT2D eigenvalue weighted by molar-refractivity contribution is 9.10. The SMILES string of the molecule is CC(C)(C)OC(=O)CCC(C(N)=O)N1Cc2c(ccc(Br)c2OCC2C=CCCN2C(=O)OC(C)(C)C)C1=O. The van der Waals surface area contributed by atoms with Crippen molar-refractivity contribution in [3.05, 3.63) is 39.9 Å². The van der Waals surface area contributed by atoms with Gasteiger partial charge < -0.3 is 24.8 Å². The van der Waals surface area contributed by atoms with Crippen molar-refractivity contribution >= 4 is 39.8 Å². The Kier molecular flexibility index (Phi) is 9.35. The van der Waals surface area contributed by atoms with Crippen LogP contribution in [0.15, 0.2) is 28.8 Å². The highest BCUT2D eigenvalue weighted by Gasteiger charge is 2.38. The van der Waals surface area contributed by atoms with Gasteiger partial charge in [-0.2, -0.15) is 0 Å². The number of hydrogen-bond acceptors (Lipinski definition) is 7. The van der Waals surface area contributed by atoms with Gasteiger partial charge in [-0.3, -0.25) is 19.3 Å². The second-order valence-corrected chi connectivity index (χ2v) is 12.5. The van der Waals surface area contributed by atoms with Crippen molar-refractivity contribution in [2.45, 2.75) is 90.6 Å². The summed E-state index contributed by atoms with van der Waals surface area (Å²) in [5.41, 5.74) is 5.35. The standard InChI is InChI=1S/C28H38BrN3O7/c1-27(2,3)38-22(33)13-12-21(24(30)34)32-15-19-18(25(32)35)10-11-20(29)23(19)37-16-17-9-7-8-14-31(17)26(36)39-28(4,5)6/h7,9-11,17,21H,8,12-16H2,1-6H3,(H2,30,34). The van der Waals surface area contributed by atoms with Crippen LogP contribution in [-0.2, 0) is 25.6 Å². The summed E-state index contributed by atoms with van der Waals surface area (Å²) in [7, 11) is 0. The number of carbonyl (C=O) groups excluding carboxylic acids is 4. The summed E-state index contributed by atoms with van der Waals surface area (Å²) in [5.74, 6) is -1.11. The monoisotopic (exact) mass is 607 g/mol. The lowest BCUT2D eigenvalue weighted by atomic mass is 10.1. The summed E-state index contributed by atoms with van der Waals surface area (Å²) in [6.45, 7) is 11.4. The molecular weight excluding hydrogens is 570 g/mol. The van der Waals surface area contributed by atoms with Gasteiger partial charge in [-0.05, 0) is 82.4 Å². The van der Waals surface area contributed by atoms with E-state index in [1.807, 2.05) is 32.9 Å². The summed E-state index contributed by atoms with van der Waals surface area (Å²) >= 11 is 3.51. The maximum absolute atomic E-state index is 13.3. The zero-order valence-corrected chi connectivity index (χ0v) is 25.0. The molecule has 2 aliphatic rings. The molecule has 1 aromatic rings. The molecule has 214 valence electrons. The molecule has 0 spiro atoms. The Balaban J connectivity index is 1.76. The zero-order chi connectivity index (χ0) is 29.1. The zero-order valence-electron chi connectivity index (χ0n) is 23.4. The third-order valence-corrected chi connectivity index (χ3v) is 6.72. The van der Waals surface area contributed by atoms with Crippen LogP contribution in [0.2, 0.25) is 0 Å². The third-order valence-electron chi connectivity index (χ3n) is 6.10. The predicted molar refractivity (Wildman–Crippen MR) is 148 cm³/mol. The average molecular weight is 609 g/mol. The molecule has 39 heavy (non-hydrogen) atoms. The minimum atomic E-state index is -0.993. The molecule has 2 aliphatic heterocycles. The number of rotatable bonds is 8. The number of nitrogens with two attached hydrogens (primary N) is 1. The summed E-state index contributed by atoms with van der Waals surface area (Å²) in [4.78, 5) is 53.7. The maximum atomic E-state index is 13.3. The van der Waals surface area contributed by atoms with Crippen molar-refractivity contribution in [3.63, 3.8) is 0 Å². The lowest BCUT2D eigenvalue weighted by Gasteiger charge is -2.34. The van der Waals surface area contributed by atoms with Gasteiger partial charge in [0.1, 0.15) is 29.6 Å². The molecule has 2 N–H and O–H groups in total. The molecule has 2 heterocycles. The van der Waals surface area contributed by atoms with Gasteiger partial charge in [0, 0.05) is 24.1 Å². The fraction of sp³-hybridized carbons (Fsp3) is 0.571. The van der Waals surface area contributed by atoms with Crippen LogP contribution in [-0.4, -0.2) is 70.1 Å². The number of amides is 3. The van der Waals surface area contributed by atoms with Crippen molar-refractivity contribution < 1.29 is 33.4 Å². The van der Waals surface area contributed by atoms with Gasteiger partial charge in [-0.15, -0.1) is 0 Å². The molecule has 2 atom stereocenters. The highest BCUT2D eigenvalue weighted by atomic mass is 79.9. The van der Waals surface area contributed by atoms with E-state index < -0.39 is 35.2 Å². The fourth-order valence-electron chi connectivity index (χ4n) is 4.46. The van der Waals surface area contributed by atoms with Crippen molar-refractivity contribution in [2.75, 3.05) is 13.2 Å². The third kappa shape index (κ3) is 7.97. The normalized spacial score (nSPS) is 18.0. The molecule has 0 fully saturated rings. The molecule has 2 unspecified atom stereocenters. The van der Waals surface area contributed by atoms with E-state index in [2.05, 4.69) is 15.9 Å². The largest absolute Gasteiger partial charge is 0.490 e. The molecule has 11 heteroatoms. The molecule has 0 radical (unpaired) electrons. The number of esters is 1. The van der Waals surface area contributed by atoms with E-state index >= 15 is 0 Å². The summed E-state index contributed by atoms with van der Waals surface area (Å²) < 4.78 is 17.7. The van der Waals surface area contributed by atoms with E-state index in [-0.39, 0.29) is 37.9 Å². The molecule has 10 nitrogen and oxygen atoms in total. The number of hydrogen-bond donors (Lipinski definition) is 1. The number of benzene rings is 1. The quantitative estimate of drug-likeness (QED) is 0.344. The van der Waals surface area contributed by atoms with E-state index in [0.29, 0.717) is 34.3 Å². The summed E-state index contributed by atoms with van der Waals surface area (Å²) in [6, 6.07) is 2.01. The van der Waals surface area contributed by atoms with Crippen molar-refractivity contribution in [1.29, 1.82) is 0 Å². The maximum Gasteiger partial charge on any atom is 0.410 e. The Morgan fingerprint density at radius 2 is 1.77 bits per heavy atom. The van der Waals surface area contributed by atoms with Crippen LogP contribution in [0.5, 0.6) is 5.75 Å². The van der Waals surface area contributed by atoms with Gasteiger partial charge in [-0.25, -0.2) is 4.79 Å². The predicted octanol–water partition coefficient (Wildman–Crippen LogP) is 4.33. The molecular formula is C28H38BrN3O7. The first kappa shape index (κ1) is 30.5. The fourth-order valence-corrected chi connectivity index (χ4v) is 4.94. The Morgan fingerprint density at radius 3 is 2.38 bits per heavy atom. The average Bonchev–Trinajstić information content (AvgIpc) is 3.12. The smallest absolute Gasteiger partial charge is 0.410 e. The highest BCUT2D eigenvalue weighted by Crippen LogP contribution is 2.38. The van der Waals surface area contributed by atoms with Crippen LogP contribution in [0.3, 0.4) is 0 Å². The number of ether oxygens (including phenoxy) is 3. The number of halogens is 1.